The molecule has 0 aromatic heterocycles. The van der Waals surface area contributed by atoms with Crippen molar-refractivity contribution in [1.29, 1.82) is 5.26 Å². The monoisotopic (exact) mass is 328 g/mol. The number of thioether (sulfide) groups is 1. The summed E-state index contributed by atoms with van der Waals surface area (Å²) in [7, 11) is -3.62. The smallest absolute Gasteiger partial charge is 0.212 e. The summed E-state index contributed by atoms with van der Waals surface area (Å²) >= 11 is 1.65. The average Bonchev–Trinajstić information content (AvgIpc) is 2.87. The van der Waals surface area contributed by atoms with Crippen molar-refractivity contribution >= 4 is 21.8 Å². The van der Waals surface area contributed by atoms with Crippen LogP contribution < -0.4 is 4.72 Å². The molecule has 1 saturated carbocycles. The largest absolute Gasteiger partial charge is 0.216 e. The molecule has 2 unspecified atom stereocenters. The second-order valence-electron chi connectivity index (χ2n) is 5.11. The second kappa shape index (κ2) is 6.77. The van der Waals surface area contributed by atoms with E-state index in [-0.39, 0.29) is 22.4 Å². The SMILES string of the molecule is CSC1CCCC1NS(=O)(=O)Cc1cc(C#N)ccc1F. The van der Waals surface area contributed by atoms with Gasteiger partial charge in [-0.15, -0.1) is 0 Å². The third-order valence-electron chi connectivity index (χ3n) is 3.61. The normalized spacial score (nSPS) is 22.1. The van der Waals surface area contributed by atoms with E-state index < -0.39 is 21.6 Å². The van der Waals surface area contributed by atoms with Crippen LogP contribution in [-0.2, 0) is 15.8 Å². The molecule has 1 aromatic carbocycles. The van der Waals surface area contributed by atoms with Gasteiger partial charge in [-0.1, -0.05) is 6.42 Å². The molecule has 1 aliphatic rings. The number of nitriles is 1. The van der Waals surface area contributed by atoms with Crippen LogP contribution in [0.2, 0.25) is 0 Å². The summed E-state index contributed by atoms with van der Waals surface area (Å²) in [6, 6.07) is 5.54. The van der Waals surface area contributed by atoms with Gasteiger partial charge in [0, 0.05) is 16.9 Å². The van der Waals surface area contributed by atoms with E-state index in [0.29, 0.717) is 0 Å². The van der Waals surface area contributed by atoms with Crippen molar-refractivity contribution in [1.82, 2.24) is 4.72 Å². The van der Waals surface area contributed by atoms with Crippen molar-refractivity contribution in [2.45, 2.75) is 36.3 Å². The maximum absolute atomic E-state index is 13.7. The molecule has 2 rings (SSSR count). The quantitative estimate of drug-likeness (QED) is 0.901. The summed E-state index contributed by atoms with van der Waals surface area (Å²) in [5, 5.41) is 9.08. The first kappa shape index (κ1) is 16.3. The van der Waals surface area contributed by atoms with Gasteiger partial charge in [0.05, 0.1) is 17.4 Å². The van der Waals surface area contributed by atoms with E-state index in [1.54, 1.807) is 11.8 Å². The molecule has 0 aliphatic heterocycles. The number of rotatable bonds is 5. The Labute approximate surface area is 128 Å². The highest BCUT2D eigenvalue weighted by Crippen LogP contribution is 2.29. The lowest BCUT2D eigenvalue weighted by molar-refractivity contribution is 0.551. The van der Waals surface area contributed by atoms with Crippen molar-refractivity contribution in [3.8, 4) is 6.07 Å². The topological polar surface area (TPSA) is 70.0 Å². The lowest BCUT2D eigenvalue weighted by Gasteiger charge is -2.19. The zero-order valence-electron chi connectivity index (χ0n) is 11.7. The van der Waals surface area contributed by atoms with Gasteiger partial charge < -0.3 is 0 Å². The molecule has 1 fully saturated rings. The number of hydrogen-bond donors (Lipinski definition) is 1. The summed E-state index contributed by atoms with van der Waals surface area (Å²) < 4.78 is 40.8. The number of sulfonamides is 1. The minimum absolute atomic E-state index is 0.0280. The molecule has 1 aliphatic carbocycles. The Balaban J connectivity index is 2.13. The lowest BCUT2D eigenvalue weighted by atomic mass is 10.1. The predicted octanol–water partition coefficient (Wildman–Crippen LogP) is 2.40. The van der Waals surface area contributed by atoms with Crippen LogP contribution in [0.4, 0.5) is 4.39 Å². The Morgan fingerprint density at radius 1 is 1.48 bits per heavy atom. The highest BCUT2D eigenvalue weighted by Gasteiger charge is 2.30. The van der Waals surface area contributed by atoms with Gasteiger partial charge in [0.15, 0.2) is 0 Å². The summed E-state index contributed by atoms with van der Waals surface area (Å²) in [5.41, 5.74) is 0.282. The number of halogens is 1. The van der Waals surface area contributed by atoms with Gasteiger partial charge in [0.1, 0.15) is 5.82 Å². The molecule has 0 radical (unpaired) electrons. The third kappa shape index (κ3) is 4.19. The van der Waals surface area contributed by atoms with Crippen LogP contribution in [0.3, 0.4) is 0 Å². The average molecular weight is 328 g/mol. The summed E-state index contributed by atoms with van der Waals surface area (Å²) in [5.74, 6) is -1.04. The maximum Gasteiger partial charge on any atom is 0.216 e. The zero-order chi connectivity index (χ0) is 15.5. The van der Waals surface area contributed by atoms with Crippen molar-refractivity contribution in [2.24, 2.45) is 0 Å². The molecule has 4 nitrogen and oxygen atoms in total. The van der Waals surface area contributed by atoms with Gasteiger partial charge in [-0.2, -0.15) is 17.0 Å². The minimum Gasteiger partial charge on any atom is -0.212 e. The van der Waals surface area contributed by atoms with Crippen molar-refractivity contribution in [2.75, 3.05) is 6.26 Å². The van der Waals surface area contributed by atoms with E-state index in [9.17, 15) is 12.8 Å². The Morgan fingerprint density at radius 2 is 2.24 bits per heavy atom. The van der Waals surface area contributed by atoms with Gasteiger partial charge in [-0.05, 0) is 37.3 Å². The lowest BCUT2D eigenvalue weighted by Crippen LogP contribution is -2.39. The van der Waals surface area contributed by atoms with Gasteiger partial charge in [-0.3, -0.25) is 0 Å². The van der Waals surface area contributed by atoms with Gasteiger partial charge in [0.25, 0.3) is 0 Å². The maximum atomic E-state index is 13.7. The highest BCUT2D eigenvalue weighted by atomic mass is 32.2. The fraction of sp³-hybridized carbons (Fsp3) is 0.500. The molecule has 0 spiro atoms. The molecular weight excluding hydrogens is 311 g/mol. The molecule has 1 aromatic rings. The Morgan fingerprint density at radius 3 is 2.90 bits per heavy atom. The molecular formula is C14H17FN2O2S2. The van der Waals surface area contributed by atoms with Gasteiger partial charge in [-0.25, -0.2) is 17.5 Å². The summed E-state index contributed by atoms with van der Waals surface area (Å²) in [6.07, 6.45) is 4.77. The molecule has 0 bridgehead atoms. The van der Waals surface area contributed by atoms with Crippen molar-refractivity contribution in [3.05, 3.63) is 35.1 Å². The minimum atomic E-state index is -3.62. The molecule has 21 heavy (non-hydrogen) atoms. The summed E-state index contributed by atoms with van der Waals surface area (Å²) in [4.78, 5) is 0. The number of hydrogen-bond acceptors (Lipinski definition) is 4. The van der Waals surface area contributed by atoms with Crippen molar-refractivity contribution in [3.63, 3.8) is 0 Å². The van der Waals surface area contributed by atoms with Crippen LogP contribution in [-0.4, -0.2) is 26.0 Å². The molecule has 1 N–H and O–H groups in total. The standard InChI is InChI=1S/C14H17FN2O2S2/c1-20-14-4-2-3-13(14)17-21(18,19)9-11-7-10(8-16)5-6-12(11)15/h5-7,13-14,17H,2-4,9H2,1H3. The summed E-state index contributed by atoms with van der Waals surface area (Å²) in [6.45, 7) is 0. The fourth-order valence-corrected chi connectivity index (χ4v) is 5.05. The van der Waals surface area contributed by atoms with Crippen LogP contribution in [0.1, 0.15) is 30.4 Å². The van der Waals surface area contributed by atoms with Crippen LogP contribution in [0.5, 0.6) is 0 Å². The van der Waals surface area contributed by atoms with Gasteiger partial charge >= 0.3 is 0 Å². The predicted molar refractivity (Wildman–Crippen MR) is 81.8 cm³/mol. The zero-order valence-corrected chi connectivity index (χ0v) is 13.3. The molecule has 0 amide bonds. The van der Waals surface area contributed by atoms with E-state index in [2.05, 4.69) is 4.72 Å². The van der Waals surface area contributed by atoms with E-state index in [1.807, 2.05) is 12.3 Å². The number of nitrogens with zero attached hydrogens (tertiary/aromatic N) is 1. The molecule has 0 saturated heterocycles. The third-order valence-corrected chi connectivity index (χ3v) is 6.13. The number of benzene rings is 1. The van der Waals surface area contributed by atoms with Crippen LogP contribution in [0.25, 0.3) is 0 Å². The van der Waals surface area contributed by atoms with E-state index >= 15 is 0 Å². The van der Waals surface area contributed by atoms with Crippen molar-refractivity contribution < 1.29 is 12.8 Å². The van der Waals surface area contributed by atoms with E-state index in [0.717, 1.165) is 25.3 Å². The Bertz CT molecular complexity index is 655. The van der Waals surface area contributed by atoms with E-state index in [1.165, 1.54) is 12.1 Å². The fourth-order valence-electron chi connectivity index (χ4n) is 2.57. The number of nitrogens with one attached hydrogen (secondary N) is 1. The molecule has 114 valence electrons. The van der Waals surface area contributed by atoms with E-state index in [4.69, 9.17) is 5.26 Å². The van der Waals surface area contributed by atoms with Gasteiger partial charge in [0.2, 0.25) is 10.0 Å². The van der Waals surface area contributed by atoms with Crippen LogP contribution >= 0.6 is 11.8 Å². The molecule has 2 atom stereocenters. The molecule has 7 heteroatoms. The molecule has 0 heterocycles. The van der Waals surface area contributed by atoms with Crippen LogP contribution in [0, 0.1) is 17.1 Å². The second-order valence-corrected chi connectivity index (χ2v) is 7.94. The van der Waals surface area contributed by atoms with Crippen LogP contribution in [0.15, 0.2) is 18.2 Å². The Kier molecular flexibility index (Phi) is 5.25. The highest BCUT2D eigenvalue weighted by molar-refractivity contribution is 7.99. The first-order valence-electron chi connectivity index (χ1n) is 6.66. The first-order chi connectivity index (χ1) is 9.95. The Hall–Kier alpha value is -1.10. The first-order valence-corrected chi connectivity index (χ1v) is 9.60.